The minimum absolute atomic E-state index is 0.235. The molecule has 4 rings (SSSR count). The first-order valence-electron chi connectivity index (χ1n) is 8.81. The number of nitrogens with zero attached hydrogens (tertiary/aromatic N) is 3. The van der Waals surface area contributed by atoms with Crippen molar-refractivity contribution >= 4 is 11.5 Å². The lowest BCUT2D eigenvalue weighted by Crippen LogP contribution is -2.33. The molecule has 3 N–H and O–H groups in total. The first-order chi connectivity index (χ1) is 12.2. The van der Waals surface area contributed by atoms with Crippen LogP contribution in [-0.4, -0.2) is 39.3 Å². The molecule has 1 fully saturated rings. The largest absolute Gasteiger partial charge is 0.507 e. The number of phenols is 1. The van der Waals surface area contributed by atoms with Gasteiger partial charge in [-0.05, 0) is 50.9 Å². The molecule has 25 heavy (non-hydrogen) atoms. The van der Waals surface area contributed by atoms with E-state index in [0.717, 1.165) is 47.9 Å². The average Bonchev–Trinajstić information content (AvgIpc) is 3.02. The van der Waals surface area contributed by atoms with Crippen molar-refractivity contribution in [3.63, 3.8) is 0 Å². The summed E-state index contributed by atoms with van der Waals surface area (Å²) in [6, 6.07) is 9.26. The SMILES string of the molecule is Cc1cnn2c(NCC3CCCNC3)cc(-c3ccccc3O)nc12. The number of benzene rings is 1. The van der Waals surface area contributed by atoms with Crippen LogP contribution in [0.3, 0.4) is 0 Å². The average molecular weight is 337 g/mol. The second kappa shape index (κ2) is 6.72. The number of para-hydroxylation sites is 1. The number of hydrogen-bond donors (Lipinski definition) is 3. The molecule has 6 nitrogen and oxygen atoms in total. The number of fused-ring (bicyclic) bond motifs is 1. The van der Waals surface area contributed by atoms with Gasteiger partial charge in [-0.2, -0.15) is 9.61 Å². The van der Waals surface area contributed by atoms with Crippen molar-refractivity contribution in [3.8, 4) is 17.0 Å². The minimum Gasteiger partial charge on any atom is -0.507 e. The van der Waals surface area contributed by atoms with Crippen LogP contribution >= 0.6 is 0 Å². The van der Waals surface area contributed by atoms with Crippen LogP contribution in [0.1, 0.15) is 18.4 Å². The fraction of sp³-hybridized carbons (Fsp3) is 0.368. The second-order valence-electron chi connectivity index (χ2n) is 6.70. The molecule has 6 heteroatoms. The highest BCUT2D eigenvalue weighted by molar-refractivity contribution is 5.72. The summed E-state index contributed by atoms with van der Waals surface area (Å²) in [5.41, 5.74) is 3.30. The number of aromatic hydroxyl groups is 1. The van der Waals surface area contributed by atoms with Crippen molar-refractivity contribution in [1.82, 2.24) is 19.9 Å². The van der Waals surface area contributed by atoms with Crippen LogP contribution in [0, 0.1) is 12.8 Å². The number of nitrogens with one attached hydrogen (secondary N) is 2. The summed E-state index contributed by atoms with van der Waals surface area (Å²) in [5, 5.41) is 21.6. The van der Waals surface area contributed by atoms with Gasteiger partial charge in [0.1, 0.15) is 11.6 Å². The van der Waals surface area contributed by atoms with Crippen molar-refractivity contribution in [3.05, 3.63) is 42.1 Å². The van der Waals surface area contributed by atoms with Gasteiger partial charge in [-0.3, -0.25) is 0 Å². The number of aromatic nitrogens is 3. The lowest BCUT2D eigenvalue weighted by molar-refractivity contribution is 0.392. The maximum absolute atomic E-state index is 10.2. The fourth-order valence-electron chi connectivity index (χ4n) is 3.37. The molecule has 130 valence electrons. The third-order valence-electron chi connectivity index (χ3n) is 4.80. The molecule has 1 unspecified atom stereocenters. The highest BCUT2D eigenvalue weighted by Gasteiger charge is 2.16. The van der Waals surface area contributed by atoms with Crippen molar-refractivity contribution in [2.45, 2.75) is 19.8 Å². The van der Waals surface area contributed by atoms with Crippen LogP contribution in [0.5, 0.6) is 5.75 Å². The van der Waals surface area contributed by atoms with E-state index < -0.39 is 0 Å². The van der Waals surface area contributed by atoms with Gasteiger partial charge in [-0.1, -0.05) is 12.1 Å². The molecule has 0 radical (unpaired) electrons. The summed E-state index contributed by atoms with van der Waals surface area (Å²) < 4.78 is 1.84. The molecule has 3 heterocycles. The summed E-state index contributed by atoms with van der Waals surface area (Å²) in [4.78, 5) is 4.71. The molecular weight excluding hydrogens is 314 g/mol. The predicted molar refractivity (Wildman–Crippen MR) is 98.9 cm³/mol. The predicted octanol–water partition coefficient (Wildman–Crippen LogP) is 2.82. The van der Waals surface area contributed by atoms with Gasteiger partial charge in [-0.25, -0.2) is 4.98 Å². The Morgan fingerprint density at radius 3 is 3.04 bits per heavy atom. The standard InChI is InChI=1S/C19H23N5O/c1-13-10-22-24-18(21-12-14-5-4-8-20-11-14)9-16(23-19(13)24)15-6-2-3-7-17(15)25/h2-3,6-7,9-10,14,20-21,25H,4-5,8,11-12H2,1H3. The zero-order chi connectivity index (χ0) is 17.2. The maximum atomic E-state index is 10.2. The van der Waals surface area contributed by atoms with Gasteiger partial charge in [0.05, 0.1) is 11.9 Å². The zero-order valence-electron chi connectivity index (χ0n) is 14.4. The van der Waals surface area contributed by atoms with Crippen molar-refractivity contribution in [2.75, 3.05) is 25.0 Å². The summed E-state index contributed by atoms with van der Waals surface area (Å²) in [5.74, 6) is 1.75. The van der Waals surface area contributed by atoms with Crippen LogP contribution in [0.15, 0.2) is 36.5 Å². The summed E-state index contributed by atoms with van der Waals surface area (Å²) in [6.07, 6.45) is 4.28. The van der Waals surface area contributed by atoms with E-state index >= 15 is 0 Å². The summed E-state index contributed by atoms with van der Waals surface area (Å²) in [6.45, 7) is 5.06. The van der Waals surface area contributed by atoms with Crippen LogP contribution in [-0.2, 0) is 0 Å². The molecule has 1 aliphatic rings. The number of rotatable bonds is 4. The van der Waals surface area contributed by atoms with E-state index in [4.69, 9.17) is 4.98 Å². The van der Waals surface area contributed by atoms with E-state index in [9.17, 15) is 5.11 Å². The smallest absolute Gasteiger partial charge is 0.160 e. The highest BCUT2D eigenvalue weighted by Crippen LogP contribution is 2.30. The Kier molecular flexibility index (Phi) is 4.28. The van der Waals surface area contributed by atoms with Gasteiger partial charge < -0.3 is 15.7 Å². The zero-order valence-corrected chi connectivity index (χ0v) is 14.4. The van der Waals surface area contributed by atoms with E-state index in [1.807, 2.05) is 41.9 Å². The van der Waals surface area contributed by atoms with E-state index in [2.05, 4.69) is 15.7 Å². The molecule has 0 saturated carbocycles. The maximum Gasteiger partial charge on any atom is 0.160 e. The molecule has 1 aromatic carbocycles. The second-order valence-corrected chi connectivity index (χ2v) is 6.70. The Bertz CT molecular complexity index is 883. The molecular formula is C19H23N5O. The van der Waals surface area contributed by atoms with Crippen molar-refractivity contribution in [1.29, 1.82) is 0 Å². The summed E-state index contributed by atoms with van der Waals surface area (Å²) >= 11 is 0. The van der Waals surface area contributed by atoms with Gasteiger partial charge in [0.25, 0.3) is 0 Å². The van der Waals surface area contributed by atoms with Crippen LogP contribution < -0.4 is 10.6 Å². The normalized spacial score (nSPS) is 17.7. The van der Waals surface area contributed by atoms with Gasteiger partial charge in [0.2, 0.25) is 0 Å². The highest BCUT2D eigenvalue weighted by atomic mass is 16.3. The number of piperidine rings is 1. The molecule has 3 aromatic rings. The van der Waals surface area contributed by atoms with E-state index in [-0.39, 0.29) is 5.75 Å². The van der Waals surface area contributed by atoms with Gasteiger partial charge in [0.15, 0.2) is 5.65 Å². The molecule has 0 amide bonds. The van der Waals surface area contributed by atoms with E-state index in [1.165, 1.54) is 12.8 Å². The van der Waals surface area contributed by atoms with Crippen LogP contribution in [0.25, 0.3) is 16.9 Å². The van der Waals surface area contributed by atoms with Crippen LogP contribution in [0.2, 0.25) is 0 Å². The van der Waals surface area contributed by atoms with Crippen molar-refractivity contribution in [2.24, 2.45) is 5.92 Å². The molecule has 0 spiro atoms. The van der Waals surface area contributed by atoms with E-state index in [1.54, 1.807) is 6.07 Å². The minimum atomic E-state index is 0.235. The Morgan fingerprint density at radius 2 is 2.24 bits per heavy atom. The number of aryl methyl sites for hydroxylation is 1. The van der Waals surface area contributed by atoms with Crippen molar-refractivity contribution < 1.29 is 5.11 Å². The number of hydrogen-bond acceptors (Lipinski definition) is 5. The van der Waals surface area contributed by atoms with E-state index in [0.29, 0.717) is 5.92 Å². The number of anilines is 1. The quantitative estimate of drug-likeness (QED) is 0.683. The Hall–Kier alpha value is -2.60. The molecule has 0 aliphatic carbocycles. The van der Waals surface area contributed by atoms with Gasteiger partial charge in [0, 0.05) is 23.7 Å². The Labute approximate surface area is 146 Å². The van der Waals surface area contributed by atoms with Gasteiger partial charge >= 0.3 is 0 Å². The third-order valence-corrected chi connectivity index (χ3v) is 4.80. The number of phenolic OH excluding ortho intramolecular Hbond substituents is 1. The third kappa shape index (κ3) is 3.17. The topological polar surface area (TPSA) is 74.5 Å². The van der Waals surface area contributed by atoms with Crippen LogP contribution in [0.4, 0.5) is 5.82 Å². The first kappa shape index (κ1) is 15.9. The Morgan fingerprint density at radius 1 is 1.36 bits per heavy atom. The molecule has 1 aliphatic heterocycles. The first-order valence-corrected chi connectivity index (χ1v) is 8.81. The summed E-state index contributed by atoms with van der Waals surface area (Å²) in [7, 11) is 0. The van der Waals surface area contributed by atoms with Gasteiger partial charge in [-0.15, -0.1) is 0 Å². The fourth-order valence-corrected chi connectivity index (χ4v) is 3.37. The lowest BCUT2D eigenvalue weighted by Gasteiger charge is -2.23. The molecule has 2 aromatic heterocycles. The molecule has 1 atom stereocenters. The Balaban J connectivity index is 1.70. The molecule has 1 saturated heterocycles. The molecule has 0 bridgehead atoms. The lowest BCUT2D eigenvalue weighted by atomic mass is 10.00. The monoisotopic (exact) mass is 337 g/mol.